The van der Waals surface area contributed by atoms with Crippen LogP contribution in [0.3, 0.4) is 0 Å². The highest BCUT2D eigenvalue weighted by Crippen LogP contribution is 2.46. The molecule has 7 rings (SSSR count). The van der Waals surface area contributed by atoms with Gasteiger partial charge in [0.15, 0.2) is 0 Å². The third-order valence-corrected chi connectivity index (χ3v) is 12.4. The van der Waals surface area contributed by atoms with Crippen LogP contribution in [0.5, 0.6) is 5.88 Å². The third-order valence-electron chi connectivity index (χ3n) is 9.71. The first-order valence-electron chi connectivity index (χ1n) is 16.9. The highest BCUT2D eigenvalue weighted by atomic mass is 32.2. The summed E-state index contributed by atoms with van der Waals surface area (Å²) in [5, 5.41) is 16.0. The van der Waals surface area contributed by atoms with Gasteiger partial charge >= 0.3 is 6.09 Å². The summed E-state index contributed by atoms with van der Waals surface area (Å²) in [4.78, 5) is 65.4. The summed E-state index contributed by atoms with van der Waals surface area (Å²) in [6, 6.07) is 8.85. The summed E-state index contributed by atoms with van der Waals surface area (Å²) in [6.45, 7) is -0.0638. The molecule has 2 aromatic heterocycles. The van der Waals surface area contributed by atoms with Crippen molar-refractivity contribution in [2.75, 3.05) is 6.54 Å². The second-order valence-electron chi connectivity index (χ2n) is 13.3. The average molecular weight is 723 g/mol. The summed E-state index contributed by atoms with van der Waals surface area (Å²) in [5.41, 5.74) is 0.250. The molecule has 4 N–H and O–H groups in total. The summed E-state index contributed by atoms with van der Waals surface area (Å²) < 4.78 is 34.2. The lowest BCUT2D eigenvalue weighted by Gasteiger charge is -2.29. The van der Waals surface area contributed by atoms with E-state index < -0.39 is 68.7 Å². The first-order valence-corrected chi connectivity index (χ1v) is 19.3. The normalized spacial score (nSPS) is 28.0. The molecule has 264 valence electrons. The Bertz CT molecular complexity index is 1950. The predicted molar refractivity (Wildman–Crippen MR) is 184 cm³/mol. The minimum Gasteiger partial charge on any atom is -0.471 e. The number of hydrogen-bond donors (Lipinski definition) is 4. The highest BCUT2D eigenvalue weighted by molar-refractivity contribution is 7.91. The molecule has 1 aromatic carbocycles. The maximum Gasteiger partial charge on any atom is 0.405 e. The molecule has 4 amide bonds. The van der Waals surface area contributed by atoms with Gasteiger partial charge in [-0.05, 0) is 62.1 Å². The number of rotatable bonds is 7. The summed E-state index contributed by atoms with van der Waals surface area (Å²) in [5.74, 6) is -2.27. The second-order valence-corrected chi connectivity index (χ2v) is 16.2. The van der Waals surface area contributed by atoms with Crippen LogP contribution in [0.15, 0.2) is 53.9 Å². The molecular formula is C34H38N6O8S2. The Labute approximate surface area is 292 Å². The van der Waals surface area contributed by atoms with Crippen molar-refractivity contribution >= 4 is 56.2 Å². The number of nitrogens with zero attached hydrogens (tertiary/aromatic N) is 3. The SMILES string of the molecule is O=C(O)N[C@H]1CCCCC/C=C\[C@@H]2C[C@@]2(C(=O)NS(=O)(=O)C2CC2)NC(=O)[C@@H]2C[C@@H](Oc3nc4ccccc4nc3-c3cccs3)CN2C1=O. The maximum absolute atomic E-state index is 14.2. The molecule has 50 heavy (non-hydrogen) atoms. The van der Waals surface area contributed by atoms with Crippen molar-refractivity contribution in [1.29, 1.82) is 0 Å². The molecule has 4 aliphatic rings. The fraction of sp³-hybridized carbons (Fsp3) is 0.471. The van der Waals surface area contributed by atoms with E-state index in [1.54, 1.807) is 6.07 Å². The monoisotopic (exact) mass is 722 g/mol. The highest BCUT2D eigenvalue weighted by Gasteiger charge is 2.62. The van der Waals surface area contributed by atoms with Crippen LogP contribution in [0.4, 0.5) is 4.79 Å². The molecule has 5 atom stereocenters. The number of sulfonamides is 1. The average Bonchev–Trinajstić information content (AvgIpc) is 3.95. The van der Waals surface area contributed by atoms with E-state index in [0.29, 0.717) is 42.4 Å². The zero-order valence-electron chi connectivity index (χ0n) is 27.1. The minimum atomic E-state index is -3.89. The van der Waals surface area contributed by atoms with Crippen molar-refractivity contribution in [1.82, 2.24) is 30.2 Å². The third kappa shape index (κ3) is 7.03. The van der Waals surface area contributed by atoms with Gasteiger partial charge in [0, 0.05) is 12.3 Å². The molecule has 0 spiro atoms. The molecule has 3 aromatic rings. The maximum atomic E-state index is 14.2. The van der Waals surface area contributed by atoms with Crippen molar-refractivity contribution in [3.05, 3.63) is 53.9 Å². The van der Waals surface area contributed by atoms with Gasteiger partial charge in [0.25, 0.3) is 5.91 Å². The Hall–Kier alpha value is -4.57. The van der Waals surface area contributed by atoms with Crippen molar-refractivity contribution < 1.29 is 37.4 Å². The smallest absolute Gasteiger partial charge is 0.405 e. The van der Waals surface area contributed by atoms with Gasteiger partial charge in [-0.25, -0.2) is 23.2 Å². The quantitative estimate of drug-likeness (QED) is 0.263. The van der Waals surface area contributed by atoms with E-state index in [1.165, 1.54) is 16.2 Å². The van der Waals surface area contributed by atoms with Crippen LogP contribution >= 0.6 is 11.3 Å². The molecule has 0 radical (unpaired) electrons. The van der Waals surface area contributed by atoms with Crippen molar-refractivity contribution in [3.63, 3.8) is 0 Å². The largest absolute Gasteiger partial charge is 0.471 e. The molecule has 3 fully saturated rings. The Kier molecular flexibility index (Phi) is 9.24. The number of fused-ring (bicyclic) bond motifs is 3. The molecule has 16 heteroatoms. The van der Waals surface area contributed by atoms with Gasteiger partial charge in [-0.1, -0.05) is 43.2 Å². The van der Waals surface area contributed by atoms with Gasteiger partial charge in [-0.15, -0.1) is 11.3 Å². The Morgan fingerprint density at radius 1 is 1.04 bits per heavy atom. The number of amides is 4. The molecule has 2 saturated carbocycles. The molecule has 14 nitrogen and oxygen atoms in total. The first-order chi connectivity index (χ1) is 24.0. The van der Waals surface area contributed by atoms with Crippen molar-refractivity contribution in [2.24, 2.45) is 5.92 Å². The number of carbonyl (C=O) groups is 4. The Morgan fingerprint density at radius 3 is 2.54 bits per heavy atom. The van der Waals surface area contributed by atoms with E-state index >= 15 is 0 Å². The minimum absolute atomic E-state index is 0.00826. The van der Waals surface area contributed by atoms with Gasteiger partial charge in [0.05, 0.1) is 27.7 Å². The van der Waals surface area contributed by atoms with E-state index in [0.717, 1.165) is 17.7 Å². The number of benzene rings is 1. The fourth-order valence-corrected chi connectivity index (χ4v) is 8.86. The molecule has 0 unspecified atom stereocenters. The lowest BCUT2D eigenvalue weighted by molar-refractivity contribution is -0.141. The number of ether oxygens (including phenoxy) is 1. The molecule has 1 saturated heterocycles. The molecule has 0 bridgehead atoms. The fourth-order valence-electron chi connectivity index (χ4n) is 6.79. The van der Waals surface area contributed by atoms with E-state index in [4.69, 9.17) is 14.7 Å². The Balaban J connectivity index is 1.21. The standard InChI is InChI=1S/C34H38N6O8S2/c41-29-26-17-21(48-30-28(27-13-8-16-49-27)35-23-10-6-7-11-24(23)36-30)19-40(26)31(42)25(37-33(44)45)12-5-3-1-2-4-9-20-18-34(20,38-29)32(43)39-50(46,47)22-14-15-22/h4,6-11,13,16,20-22,25-26,37H,1-3,5,12,14-15,17-19H2,(H,38,41)(H,39,43)(H,44,45)/b9-4-/t20-,21-,25+,26+,34-/m1/s1. The van der Waals surface area contributed by atoms with Crippen molar-refractivity contribution in [2.45, 2.75) is 86.8 Å². The molecule has 2 aliphatic heterocycles. The van der Waals surface area contributed by atoms with Crippen LogP contribution < -0.4 is 20.1 Å². The number of nitrogens with one attached hydrogen (secondary N) is 3. The van der Waals surface area contributed by atoms with Gasteiger partial charge in [0.1, 0.15) is 29.4 Å². The van der Waals surface area contributed by atoms with Crippen LogP contribution in [0.1, 0.15) is 57.8 Å². The molecular weight excluding hydrogens is 685 g/mol. The zero-order valence-corrected chi connectivity index (χ0v) is 28.8. The van der Waals surface area contributed by atoms with E-state index in [9.17, 15) is 32.7 Å². The number of aromatic nitrogens is 2. The van der Waals surface area contributed by atoms with E-state index in [-0.39, 0.29) is 31.7 Å². The Morgan fingerprint density at radius 2 is 1.82 bits per heavy atom. The van der Waals surface area contributed by atoms with E-state index in [1.807, 2.05) is 47.9 Å². The summed E-state index contributed by atoms with van der Waals surface area (Å²) in [6.07, 6.45) is 5.75. The number of hydrogen-bond acceptors (Lipinski definition) is 10. The van der Waals surface area contributed by atoms with Crippen LogP contribution in [-0.4, -0.2) is 87.7 Å². The van der Waals surface area contributed by atoms with Crippen LogP contribution in [0, 0.1) is 5.92 Å². The summed E-state index contributed by atoms with van der Waals surface area (Å²) >= 11 is 1.46. The van der Waals surface area contributed by atoms with Crippen LogP contribution in [-0.2, 0) is 24.4 Å². The van der Waals surface area contributed by atoms with Gasteiger partial charge in [-0.3, -0.25) is 19.1 Å². The second kappa shape index (κ2) is 13.6. The first kappa shape index (κ1) is 33.9. The number of para-hydroxylation sites is 2. The van der Waals surface area contributed by atoms with Gasteiger partial charge in [0.2, 0.25) is 27.7 Å². The summed E-state index contributed by atoms with van der Waals surface area (Å²) in [7, 11) is -3.89. The topological polar surface area (TPSA) is 197 Å². The zero-order chi connectivity index (χ0) is 35.0. The van der Waals surface area contributed by atoms with Crippen LogP contribution in [0.25, 0.3) is 21.6 Å². The molecule has 2 aliphatic carbocycles. The van der Waals surface area contributed by atoms with Crippen molar-refractivity contribution in [3.8, 4) is 16.5 Å². The molecule has 4 heterocycles. The number of allylic oxidation sites excluding steroid dienone is 1. The number of carbonyl (C=O) groups excluding carboxylic acids is 3. The predicted octanol–water partition coefficient (Wildman–Crippen LogP) is 3.35. The van der Waals surface area contributed by atoms with Gasteiger partial charge < -0.3 is 25.4 Å². The number of thiophene rings is 1. The van der Waals surface area contributed by atoms with Crippen LogP contribution in [0.2, 0.25) is 0 Å². The van der Waals surface area contributed by atoms with E-state index in [2.05, 4.69) is 15.4 Å². The number of carboxylic acid groups (broad SMARTS) is 1. The lowest BCUT2D eigenvalue weighted by atomic mass is 10.1. The lowest BCUT2D eigenvalue weighted by Crippen LogP contribution is -2.58. The van der Waals surface area contributed by atoms with Gasteiger partial charge in [-0.2, -0.15) is 0 Å².